The van der Waals surface area contributed by atoms with Gasteiger partial charge in [0.25, 0.3) is 0 Å². The fourth-order valence-electron chi connectivity index (χ4n) is 1.49. The number of nitrogens with one attached hydrogen (secondary N) is 1. The van der Waals surface area contributed by atoms with Crippen LogP contribution in [0.25, 0.3) is 0 Å². The van der Waals surface area contributed by atoms with Crippen molar-refractivity contribution in [1.29, 1.82) is 0 Å². The van der Waals surface area contributed by atoms with E-state index in [1.165, 1.54) is 0 Å². The maximum atomic E-state index is 11.6. The summed E-state index contributed by atoms with van der Waals surface area (Å²) in [6.07, 6.45) is 2.18. The average molecular weight is 220 g/mol. The molecule has 0 radical (unpaired) electrons. The highest BCUT2D eigenvalue weighted by molar-refractivity contribution is 5.97. The van der Waals surface area contributed by atoms with Crippen LogP contribution in [0.5, 0.6) is 0 Å². The molecule has 0 saturated carbocycles. The van der Waals surface area contributed by atoms with Crippen LogP contribution in [-0.2, 0) is 0 Å². The van der Waals surface area contributed by atoms with Crippen LogP contribution in [0.2, 0.25) is 0 Å². The third-order valence-corrected chi connectivity index (χ3v) is 2.24. The summed E-state index contributed by atoms with van der Waals surface area (Å²) in [6.45, 7) is 10.0. The highest BCUT2D eigenvalue weighted by Gasteiger charge is 2.12. The molecule has 0 saturated heterocycles. The van der Waals surface area contributed by atoms with Crippen LogP contribution >= 0.6 is 0 Å². The maximum Gasteiger partial charge on any atom is 0.164 e. The van der Waals surface area contributed by atoms with Gasteiger partial charge in [0.1, 0.15) is 5.82 Å². The highest BCUT2D eigenvalue weighted by atomic mass is 16.1. The summed E-state index contributed by atoms with van der Waals surface area (Å²) in [5.41, 5.74) is 1.69. The Kier molecular flexibility index (Phi) is 3.68. The minimum atomic E-state index is -0.0181. The second kappa shape index (κ2) is 4.64. The summed E-state index contributed by atoms with van der Waals surface area (Å²) < 4.78 is 0. The van der Waals surface area contributed by atoms with Gasteiger partial charge in [-0.2, -0.15) is 0 Å². The molecule has 0 atom stereocenters. The Hall–Kier alpha value is -1.38. The summed E-state index contributed by atoms with van der Waals surface area (Å²) in [5, 5.41) is 3.28. The number of aryl methyl sites for hydroxylation is 1. The predicted octanol–water partition coefficient (Wildman–Crippen LogP) is 3.19. The Bertz CT molecular complexity index is 391. The lowest BCUT2D eigenvalue weighted by atomic mass is 10.1. The van der Waals surface area contributed by atoms with Gasteiger partial charge in [-0.05, 0) is 39.3 Å². The van der Waals surface area contributed by atoms with Gasteiger partial charge in [0.2, 0.25) is 0 Å². The lowest BCUT2D eigenvalue weighted by molar-refractivity contribution is 0.0987. The third-order valence-electron chi connectivity index (χ3n) is 2.24. The fourth-order valence-corrected chi connectivity index (χ4v) is 1.49. The van der Waals surface area contributed by atoms with Gasteiger partial charge in [0.05, 0.1) is 0 Å². The van der Waals surface area contributed by atoms with E-state index in [0.29, 0.717) is 6.42 Å². The number of anilines is 1. The molecule has 0 fully saturated rings. The molecule has 0 unspecified atom stereocenters. The Labute approximate surface area is 97.3 Å². The minimum absolute atomic E-state index is 0.0181. The molecule has 1 N–H and O–H groups in total. The van der Waals surface area contributed by atoms with Crippen molar-refractivity contribution in [3.63, 3.8) is 0 Å². The van der Waals surface area contributed by atoms with Crippen molar-refractivity contribution in [2.45, 2.75) is 46.6 Å². The minimum Gasteiger partial charge on any atom is -0.365 e. The van der Waals surface area contributed by atoms with Crippen molar-refractivity contribution in [3.05, 3.63) is 23.4 Å². The van der Waals surface area contributed by atoms with E-state index in [1.54, 1.807) is 6.20 Å². The normalized spacial score (nSPS) is 11.3. The second-order valence-corrected chi connectivity index (χ2v) is 5.04. The number of nitrogens with zero attached hydrogens (tertiary/aromatic N) is 1. The summed E-state index contributed by atoms with van der Waals surface area (Å²) >= 11 is 0. The molecule has 3 nitrogen and oxygen atoms in total. The first-order chi connectivity index (χ1) is 7.33. The van der Waals surface area contributed by atoms with Crippen LogP contribution in [0.3, 0.4) is 0 Å². The largest absolute Gasteiger partial charge is 0.365 e. The van der Waals surface area contributed by atoms with E-state index in [0.717, 1.165) is 16.9 Å². The van der Waals surface area contributed by atoms with Gasteiger partial charge in [-0.1, -0.05) is 6.92 Å². The van der Waals surface area contributed by atoms with E-state index < -0.39 is 0 Å². The molecular weight excluding hydrogens is 200 g/mol. The van der Waals surface area contributed by atoms with Crippen LogP contribution in [0, 0.1) is 6.92 Å². The quantitative estimate of drug-likeness (QED) is 0.795. The standard InChI is InChI=1S/C13H20N2O/c1-6-11(16)10-8-14-12(7-9(10)2)15-13(3,4)5/h7-8H,6H2,1-5H3,(H,14,15). The number of hydrogen-bond donors (Lipinski definition) is 1. The van der Waals surface area contributed by atoms with Crippen molar-refractivity contribution in [2.75, 3.05) is 5.32 Å². The van der Waals surface area contributed by atoms with E-state index >= 15 is 0 Å². The molecule has 16 heavy (non-hydrogen) atoms. The average Bonchev–Trinajstić information content (AvgIpc) is 2.14. The number of Topliss-reactive ketones (excluding diaryl/α,β-unsaturated/α-hetero) is 1. The van der Waals surface area contributed by atoms with E-state index in [9.17, 15) is 4.79 Å². The molecule has 88 valence electrons. The van der Waals surface area contributed by atoms with Crippen LogP contribution in [0.1, 0.15) is 50.0 Å². The van der Waals surface area contributed by atoms with Crippen molar-refractivity contribution in [3.8, 4) is 0 Å². The monoisotopic (exact) mass is 220 g/mol. The van der Waals surface area contributed by atoms with Gasteiger partial charge >= 0.3 is 0 Å². The summed E-state index contributed by atoms with van der Waals surface area (Å²) in [4.78, 5) is 15.8. The number of rotatable bonds is 3. The van der Waals surface area contributed by atoms with Crippen LogP contribution < -0.4 is 5.32 Å². The molecule has 1 rings (SSSR count). The van der Waals surface area contributed by atoms with E-state index in [4.69, 9.17) is 0 Å². The first-order valence-corrected chi connectivity index (χ1v) is 5.61. The van der Waals surface area contributed by atoms with Crippen LogP contribution in [0.4, 0.5) is 5.82 Å². The molecule has 0 spiro atoms. The SMILES string of the molecule is CCC(=O)c1cnc(NC(C)(C)C)cc1C. The number of hydrogen-bond acceptors (Lipinski definition) is 3. The van der Waals surface area contributed by atoms with Gasteiger partial charge in [-0.25, -0.2) is 4.98 Å². The van der Waals surface area contributed by atoms with Gasteiger partial charge in [-0.15, -0.1) is 0 Å². The Morgan fingerprint density at radius 2 is 2.06 bits per heavy atom. The first-order valence-electron chi connectivity index (χ1n) is 5.61. The molecule has 0 aromatic carbocycles. The van der Waals surface area contributed by atoms with Gasteiger partial charge in [0, 0.05) is 23.7 Å². The summed E-state index contributed by atoms with van der Waals surface area (Å²) in [6, 6.07) is 1.92. The van der Waals surface area contributed by atoms with Gasteiger partial charge < -0.3 is 5.32 Å². The first kappa shape index (κ1) is 12.7. The molecule has 3 heteroatoms. The lowest BCUT2D eigenvalue weighted by Gasteiger charge is -2.21. The van der Waals surface area contributed by atoms with E-state index in [1.807, 2.05) is 19.9 Å². The second-order valence-electron chi connectivity index (χ2n) is 5.04. The number of aromatic nitrogens is 1. The summed E-state index contributed by atoms with van der Waals surface area (Å²) in [7, 11) is 0. The smallest absolute Gasteiger partial charge is 0.164 e. The summed E-state index contributed by atoms with van der Waals surface area (Å²) in [5.74, 6) is 0.963. The Morgan fingerprint density at radius 3 is 2.50 bits per heavy atom. The molecule has 0 bridgehead atoms. The molecule has 1 aromatic heterocycles. The Balaban J connectivity index is 2.96. The molecule has 1 heterocycles. The van der Waals surface area contributed by atoms with Gasteiger partial charge in [-0.3, -0.25) is 4.79 Å². The van der Waals surface area contributed by atoms with Crippen LogP contribution in [0.15, 0.2) is 12.3 Å². The van der Waals surface area contributed by atoms with Gasteiger partial charge in [0.15, 0.2) is 5.78 Å². The molecule has 1 aromatic rings. The molecule has 0 aliphatic carbocycles. The zero-order chi connectivity index (χ0) is 12.3. The molecule has 0 aliphatic rings. The van der Waals surface area contributed by atoms with Crippen LogP contribution in [-0.4, -0.2) is 16.3 Å². The fraction of sp³-hybridized carbons (Fsp3) is 0.538. The topological polar surface area (TPSA) is 42.0 Å². The molecule has 0 aliphatic heterocycles. The third kappa shape index (κ3) is 3.33. The molecule has 0 amide bonds. The number of carbonyl (C=O) groups is 1. The number of carbonyl (C=O) groups excluding carboxylic acids is 1. The van der Waals surface area contributed by atoms with E-state index in [-0.39, 0.29) is 11.3 Å². The van der Waals surface area contributed by atoms with Crippen molar-refractivity contribution < 1.29 is 4.79 Å². The lowest BCUT2D eigenvalue weighted by Crippen LogP contribution is -2.26. The number of pyridine rings is 1. The van der Waals surface area contributed by atoms with Crippen molar-refractivity contribution in [1.82, 2.24) is 4.98 Å². The zero-order valence-corrected chi connectivity index (χ0v) is 10.7. The van der Waals surface area contributed by atoms with Crippen molar-refractivity contribution >= 4 is 11.6 Å². The zero-order valence-electron chi connectivity index (χ0n) is 10.7. The maximum absolute atomic E-state index is 11.6. The van der Waals surface area contributed by atoms with E-state index in [2.05, 4.69) is 31.1 Å². The van der Waals surface area contributed by atoms with Crippen molar-refractivity contribution in [2.24, 2.45) is 0 Å². The predicted molar refractivity (Wildman–Crippen MR) is 67.0 cm³/mol. The Morgan fingerprint density at radius 1 is 1.44 bits per heavy atom. The molecular formula is C13H20N2O. The number of ketones is 1. The highest BCUT2D eigenvalue weighted by Crippen LogP contribution is 2.16.